The fourth-order valence-corrected chi connectivity index (χ4v) is 4.07. The quantitative estimate of drug-likeness (QED) is 0.838. The molecule has 1 saturated carbocycles. The monoisotopic (exact) mass is 286 g/mol. The van der Waals surface area contributed by atoms with E-state index in [9.17, 15) is 12.8 Å². The van der Waals surface area contributed by atoms with Gasteiger partial charge in [-0.2, -0.15) is 0 Å². The highest BCUT2D eigenvalue weighted by Gasteiger charge is 2.33. The first-order valence-corrected chi connectivity index (χ1v) is 7.90. The van der Waals surface area contributed by atoms with Crippen molar-refractivity contribution in [3.8, 4) is 0 Å². The van der Waals surface area contributed by atoms with E-state index in [0.717, 1.165) is 38.2 Å². The van der Waals surface area contributed by atoms with Crippen LogP contribution in [0, 0.1) is 5.82 Å². The first-order chi connectivity index (χ1) is 8.82. The van der Waals surface area contributed by atoms with Crippen LogP contribution in [0.4, 0.5) is 10.1 Å². The van der Waals surface area contributed by atoms with Crippen LogP contribution in [0.15, 0.2) is 23.1 Å². The number of benzene rings is 1. The van der Waals surface area contributed by atoms with Gasteiger partial charge in [0.15, 0.2) is 0 Å². The number of hydrogen-bond acceptors (Lipinski definition) is 3. The molecule has 6 heteroatoms. The molecule has 0 aliphatic heterocycles. The van der Waals surface area contributed by atoms with Crippen molar-refractivity contribution >= 4 is 15.7 Å². The lowest BCUT2D eigenvalue weighted by Gasteiger charge is -2.34. The molecule has 0 saturated heterocycles. The summed E-state index contributed by atoms with van der Waals surface area (Å²) in [5, 5.41) is 0. The fraction of sp³-hybridized carbons (Fsp3) is 0.538. The molecule has 3 N–H and O–H groups in total. The molecule has 0 spiro atoms. The van der Waals surface area contributed by atoms with E-state index in [4.69, 9.17) is 5.73 Å². The van der Waals surface area contributed by atoms with E-state index in [1.807, 2.05) is 6.92 Å². The van der Waals surface area contributed by atoms with Crippen molar-refractivity contribution in [3.05, 3.63) is 24.0 Å². The SMILES string of the molecule is CC1(NS(=O)(=O)c2ccc(N)cc2F)CCCCC1. The van der Waals surface area contributed by atoms with Crippen LogP contribution in [-0.2, 0) is 10.0 Å². The summed E-state index contributed by atoms with van der Waals surface area (Å²) < 4.78 is 40.9. The Morgan fingerprint density at radius 1 is 1.26 bits per heavy atom. The Morgan fingerprint density at radius 3 is 2.47 bits per heavy atom. The number of sulfonamides is 1. The average molecular weight is 286 g/mol. The number of nitrogen functional groups attached to an aromatic ring is 1. The Bertz CT molecular complexity index is 566. The molecule has 19 heavy (non-hydrogen) atoms. The smallest absolute Gasteiger partial charge is 0.243 e. The second kappa shape index (κ2) is 5.09. The van der Waals surface area contributed by atoms with Gasteiger partial charge in [0.2, 0.25) is 10.0 Å². The van der Waals surface area contributed by atoms with Crippen molar-refractivity contribution < 1.29 is 12.8 Å². The van der Waals surface area contributed by atoms with Gasteiger partial charge in [0.1, 0.15) is 10.7 Å². The maximum atomic E-state index is 13.7. The first-order valence-electron chi connectivity index (χ1n) is 6.41. The van der Waals surface area contributed by atoms with Crippen LogP contribution in [0.2, 0.25) is 0 Å². The third kappa shape index (κ3) is 3.25. The minimum absolute atomic E-state index is 0.209. The summed E-state index contributed by atoms with van der Waals surface area (Å²) in [6.07, 6.45) is 4.66. The summed E-state index contributed by atoms with van der Waals surface area (Å²) in [7, 11) is -3.85. The molecule has 0 heterocycles. The van der Waals surface area contributed by atoms with E-state index in [1.165, 1.54) is 12.1 Å². The number of rotatable bonds is 3. The van der Waals surface area contributed by atoms with E-state index in [0.29, 0.717) is 0 Å². The molecule has 0 bridgehead atoms. The van der Waals surface area contributed by atoms with Crippen LogP contribution in [0.3, 0.4) is 0 Å². The van der Waals surface area contributed by atoms with Gasteiger partial charge in [-0.1, -0.05) is 19.3 Å². The van der Waals surface area contributed by atoms with Crippen molar-refractivity contribution in [2.24, 2.45) is 0 Å². The summed E-state index contributed by atoms with van der Waals surface area (Å²) in [6.45, 7) is 1.87. The summed E-state index contributed by atoms with van der Waals surface area (Å²) in [5.41, 5.74) is 5.15. The van der Waals surface area contributed by atoms with Crippen molar-refractivity contribution in [1.82, 2.24) is 4.72 Å². The molecule has 0 unspecified atom stereocenters. The van der Waals surface area contributed by atoms with Crippen LogP contribution in [0.25, 0.3) is 0 Å². The Morgan fingerprint density at radius 2 is 1.89 bits per heavy atom. The minimum atomic E-state index is -3.85. The lowest BCUT2D eigenvalue weighted by molar-refractivity contribution is 0.293. The van der Waals surface area contributed by atoms with Gasteiger partial charge in [0.05, 0.1) is 0 Å². The van der Waals surface area contributed by atoms with E-state index >= 15 is 0 Å². The molecule has 4 nitrogen and oxygen atoms in total. The highest BCUT2D eigenvalue weighted by molar-refractivity contribution is 7.89. The standard InChI is InChI=1S/C13H19FN2O2S/c1-13(7-3-2-4-8-13)16-19(17,18)12-6-5-10(15)9-11(12)14/h5-6,9,16H,2-4,7-8,15H2,1H3. The van der Waals surface area contributed by atoms with Gasteiger partial charge in [-0.3, -0.25) is 0 Å². The molecule has 1 aliphatic rings. The number of anilines is 1. The third-order valence-electron chi connectivity index (χ3n) is 3.58. The Balaban J connectivity index is 2.27. The second-order valence-corrected chi connectivity index (χ2v) is 7.07. The highest BCUT2D eigenvalue weighted by atomic mass is 32.2. The van der Waals surface area contributed by atoms with Gasteiger partial charge >= 0.3 is 0 Å². The molecular formula is C13H19FN2O2S. The van der Waals surface area contributed by atoms with Gasteiger partial charge in [-0.25, -0.2) is 17.5 Å². The molecule has 2 rings (SSSR count). The lowest BCUT2D eigenvalue weighted by Crippen LogP contribution is -2.47. The Hall–Kier alpha value is -1.14. The van der Waals surface area contributed by atoms with Gasteiger partial charge in [-0.05, 0) is 38.0 Å². The zero-order valence-corrected chi connectivity index (χ0v) is 11.8. The van der Waals surface area contributed by atoms with Crippen LogP contribution < -0.4 is 10.5 Å². The predicted molar refractivity (Wildman–Crippen MR) is 72.6 cm³/mol. The predicted octanol–water partition coefficient (Wildman–Crippen LogP) is 2.41. The van der Waals surface area contributed by atoms with Gasteiger partial charge in [0, 0.05) is 11.2 Å². The molecule has 1 aromatic rings. The average Bonchev–Trinajstić information content (AvgIpc) is 2.27. The maximum absolute atomic E-state index is 13.7. The van der Waals surface area contributed by atoms with Crippen molar-refractivity contribution in [2.45, 2.75) is 49.5 Å². The molecule has 1 aromatic carbocycles. The summed E-state index contributed by atoms with van der Waals surface area (Å²) in [4.78, 5) is -0.339. The van der Waals surface area contributed by atoms with E-state index in [-0.39, 0.29) is 10.6 Å². The Labute approximate surface area is 113 Å². The van der Waals surface area contributed by atoms with Gasteiger partial charge in [-0.15, -0.1) is 0 Å². The summed E-state index contributed by atoms with van der Waals surface area (Å²) in [5.74, 6) is -0.813. The van der Waals surface area contributed by atoms with E-state index < -0.39 is 21.4 Å². The second-order valence-electron chi connectivity index (χ2n) is 5.42. The molecule has 106 valence electrons. The topological polar surface area (TPSA) is 72.2 Å². The van der Waals surface area contributed by atoms with E-state index in [1.54, 1.807) is 0 Å². The zero-order chi connectivity index (χ0) is 14.1. The molecule has 0 atom stereocenters. The van der Waals surface area contributed by atoms with Gasteiger partial charge in [0.25, 0.3) is 0 Å². The van der Waals surface area contributed by atoms with Crippen molar-refractivity contribution in [2.75, 3.05) is 5.73 Å². The third-order valence-corrected chi connectivity index (χ3v) is 5.25. The summed E-state index contributed by atoms with van der Waals surface area (Å²) >= 11 is 0. The number of nitrogens with one attached hydrogen (secondary N) is 1. The highest BCUT2D eigenvalue weighted by Crippen LogP contribution is 2.29. The minimum Gasteiger partial charge on any atom is -0.399 e. The number of halogens is 1. The maximum Gasteiger partial charge on any atom is 0.243 e. The zero-order valence-electron chi connectivity index (χ0n) is 10.9. The molecule has 1 fully saturated rings. The summed E-state index contributed by atoms with van der Waals surface area (Å²) in [6, 6.07) is 3.62. The molecule has 0 radical (unpaired) electrons. The van der Waals surface area contributed by atoms with Crippen LogP contribution in [-0.4, -0.2) is 14.0 Å². The molecule has 0 amide bonds. The Kier molecular flexibility index (Phi) is 3.82. The first kappa shape index (κ1) is 14.3. The van der Waals surface area contributed by atoms with Crippen molar-refractivity contribution in [1.29, 1.82) is 0 Å². The van der Waals surface area contributed by atoms with E-state index in [2.05, 4.69) is 4.72 Å². The van der Waals surface area contributed by atoms with Crippen LogP contribution in [0.1, 0.15) is 39.0 Å². The molecule has 1 aliphatic carbocycles. The van der Waals surface area contributed by atoms with Gasteiger partial charge < -0.3 is 5.73 Å². The number of hydrogen-bond donors (Lipinski definition) is 2. The fourth-order valence-electron chi connectivity index (χ4n) is 2.55. The number of nitrogens with two attached hydrogens (primary N) is 1. The van der Waals surface area contributed by atoms with Crippen LogP contribution in [0.5, 0.6) is 0 Å². The van der Waals surface area contributed by atoms with Crippen LogP contribution >= 0.6 is 0 Å². The lowest BCUT2D eigenvalue weighted by atomic mass is 9.84. The normalized spacial score (nSPS) is 19.3. The molecule has 0 aromatic heterocycles. The largest absolute Gasteiger partial charge is 0.399 e. The van der Waals surface area contributed by atoms with Crippen molar-refractivity contribution in [3.63, 3.8) is 0 Å². The molecular weight excluding hydrogens is 267 g/mol.